The lowest BCUT2D eigenvalue weighted by Crippen LogP contribution is -2.22. The van der Waals surface area contributed by atoms with Gasteiger partial charge in [-0.1, -0.05) is 56.3 Å². The van der Waals surface area contributed by atoms with E-state index in [1.54, 1.807) is 30.3 Å². The molecule has 36 heavy (non-hydrogen) atoms. The van der Waals surface area contributed by atoms with Crippen LogP contribution in [-0.4, -0.2) is 23.5 Å². The van der Waals surface area contributed by atoms with E-state index in [-0.39, 0.29) is 5.56 Å². The lowest BCUT2D eigenvalue weighted by atomic mass is 9.96. The van der Waals surface area contributed by atoms with Crippen LogP contribution in [0.15, 0.2) is 66.7 Å². The van der Waals surface area contributed by atoms with Crippen molar-refractivity contribution < 1.29 is 27.5 Å². The summed E-state index contributed by atoms with van der Waals surface area (Å²) in [4.78, 5) is 29.8. The van der Waals surface area contributed by atoms with Crippen LogP contribution in [-0.2, 0) is 9.53 Å². The molecule has 0 saturated carbocycles. The van der Waals surface area contributed by atoms with Gasteiger partial charge in [0.05, 0.1) is 22.5 Å². The van der Waals surface area contributed by atoms with Gasteiger partial charge >= 0.3 is 5.97 Å². The standard InChI is InChI=1S/C28H23F3N2O3/c1-3-16(2)17-8-10-18(11-9-17)24-14-20(19-6-4-5-7-22(19)32-24)28(35)36-15-25(34)33-23-13-12-21(29)26(30)27(23)31/h4-14,16H,3,15H2,1-2H3,(H,33,34)/t16-/m0/s1. The van der Waals surface area contributed by atoms with Gasteiger partial charge in [-0.2, -0.15) is 0 Å². The highest BCUT2D eigenvalue weighted by Crippen LogP contribution is 2.28. The number of esters is 1. The van der Waals surface area contributed by atoms with Crippen LogP contribution in [0, 0.1) is 17.5 Å². The van der Waals surface area contributed by atoms with E-state index in [1.165, 1.54) is 5.56 Å². The molecule has 1 heterocycles. The molecule has 1 aromatic heterocycles. The number of carbonyl (C=O) groups excluding carboxylic acids is 2. The van der Waals surface area contributed by atoms with Gasteiger partial charge in [-0.15, -0.1) is 0 Å². The molecular formula is C28H23F3N2O3. The van der Waals surface area contributed by atoms with E-state index in [1.807, 2.05) is 24.3 Å². The molecule has 0 bridgehead atoms. The Morgan fingerprint density at radius 3 is 2.42 bits per heavy atom. The quantitative estimate of drug-likeness (QED) is 0.232. The van der Waals surface area contributed by atoms with Crippen LogP contribution in [0.3, 0.4) is 0 Å². The van der Waals surface area contributed by atoms with Gasteiger partial charge in [0, 0.05) is 10.9 Å². The maximum absolute atomic E-state index is 13.8. The van der Waals surface area contributed by atoms with Gasteiger partial charge in [0.1, 0.15) is 0 Å². The van der Waals surface area contributed by atoms with E-state index in [0.29, 0.717) is 28.6 Å². The van der Waals surface area contributed by atoms with Crippen molar-refractivity contribution in [3.63, 3.8) is 0 Å². The highest BCUT2D eigenvalue weighted by molar-refractivity contribution is 6.05. The normalized spacial score (nSPS) is 11.8. The van der Waals surface area contributed by atoms with Gasteiger partial charge in [0.15, 0.2) is 24.1 Å². The van der Waals surface area contributed by atoms with Crippen LogP contribution >= 0.6 is 0 Å². The van der Waals surface area contributed by atoms with Crippen molar-refractivity contribution in [3.8, 4) is 11.3 Å². The first-order valence-electron chi connectivity index (χ1n) is 11.4. The first kappa shape index (κ1) is 24.9. The zero-order chi connectivity index (χ0) is 25.8. The Morgan fingerprint density at radius 2 is 1.69 bits per heavy atom. The van der Waals surface area contributed by atoms with Crippen molar-refractivity contribution in [2.24, 2.45) is 0 Å². The van der Waals surface area contributed by atoms with Crippen LogP contribution in [0.2, 0.25) is 0 Å². The third-order valence-electron chi connectivity index (χ3n) is 5.97. The Morgan fingerprint density at radius 1 is 0.972 bits per heavy atom. The zero-order valence-corrected chi connectivity index (χ0v) is 19.6. The van der Waals surface area contributed by atoms with Crippen LogP contribution in [0.1, 0.15) is 42.1 Å². The average Bonchev–Trinajstić information content (AvgIpc) is 2.91. The highest BCUT2D eigenvalue weighted by Gasteiger charge is 2.19. The highest BCUT2D eigenvalue weighted by atomic mass is 19.2. The Balaban J connectivity index is 1.55. The van der Waals surface area contributed by atoms with E-state index < -0.39 is 41.6 Å². The monoisotopic (exact) mass is 492 g/mol. The molecule has 1 atom stereocenters. The summed E-state index contributed by atoms with van der Waals surface area (Å²) in [5.41, 5.74) is 2.78. The molecule has 0 unspecified atom stereocenters. The van der Waals surface area contributed by atoms with Crippen molar-refractivity contribution in [1.29, 1.82) is 0 Å². The van der Waals surface area contributed by atoms with Gasteiger partial charge < -0.3 is 10.1 Å². The number of benzene rings is 3. The summed E-state index contributed by atoms with van der Waals surface area (Å²) in [7, 11) is 0. The SMILES string of the molecule is CC[C@H](C)c1ccc(-c2cc(C(=O)OCC(=O)Nc3ccc(F)c(F)c3F)c3ccccc3n2)cc1. The fourth-order valence-corrected chi connectivity index (χ4v) is 3.73. The summed E-state index contributed by atoms with van der Waals surface area (Å²) in [6.45, 7) is 3.51. The third-order valence-corrected chi connectivity index (χ3v) is 5.97. The Kier molecular flexibility index (Phi) is 7.33. The molecule has 184 valence electrons. The lowest BCUT2D eigenvalue weighted by molar-refractivity contribution is -0.119. The number of para-hydroxylation sites is 1. The largest absolute Gasteiger partial charge is 0.452 e. The minimum Gasteiger partial charge on any atom is -0.452 e. The number of rotatable bonds is 7. The van der Waals surface area contributed by atoms with Crippen molar-refractivity contribution in [1.82, 2.24) is 4.98 Å². The molecule has 0 radical (unpaired) electrons. The van der Waals surface area contributed by atoms with Gasteiger partial charge in [0.2, 0.25) is 0 Å². The van der Waals surface area contributed by atoms with Crippen molar-refractivity contribution in [2.45, 2.75) is 26.2 Å². The Labute approximate surface area is 205 Å². The van der Waals surface area contributed by atoms with Crippen molar-refractivity contribution >= 4 is 28.5 Å². The molecule has 4 aromatic rings. The molecule has 0 aliphatic heterocycles. The second-order valence-corrected chi connectivity index (χ2v) is 8.35. The number of anilines is 1. The van der Waals surface area contributed by atoms with Crippen molar-refractivity contribution in [2.75, 3.05) is 11.9 Å². The minimum absolute atomic E-state index is 0.202. The van der Waals surface area contributed by atoms with E-state index in [0.717, 1.165) is 18.1 Å². The molecule has 0 fully saturated rings. The molecule has 0 aliphatic rings. The zero-order valence-electron chi connectivity index (χ0n) is 19.6. The maximum Gasteiger partial charge on any atom is 0.339 e. The van der Waals surface area contributed by atoms with Gasteiger partial charge in [0.25, 0.3) is 5.91 Å². The van der Waals surface area contributed by atoms with Crippen LogP contribution < -0.4 is 5.32 Å². The maximum atomic E-state index is 13.8. The molecule has 5 nitrogen and oxygen atoms in total. The number of halogens is 3. The first-order valence-corrected chi connectivity index (χ1v) is 11.4. The van der Waals surface area contributed by atoms with E-state index in [4.69, 9.17) is 4.74 Å². The number of nitrogens with zero attached hydrogens (tertiary/aromatic N) is 1. The van der Waals surface area contributed by atoms with Crippen molar-refractivity contribution in [3.05, 3.63) is 95.3 Å². The van der Waals surface area contributed by atoms with Gasteiger partial charge in [-0.3, -0.25) is 4.79 Å². The van der Waals surface area contributed by atoms with Crippen LogP contribution in [0.4, 0.5) is 18.9 Å². The molecule has 4 rings (SSSR count). The predicted octanol–water partition coefficient (Wildman–Crippen LogP) is 6.63. The van der Waals surface area contributed by atoms with E-state index >= 15 is 0 Å². The fourth-order valence-electron chi connectivity index (χ4n) is 3.73. The first-order chi connectivity index (χ1) is 17.3. The van der Waals surface area contributed by atoms with Gasteiger partial charge in [-0.25, -0.2) is 22.9 Å². The number of hydrogen-bond donors (Lipinski definition) is 1. The predicted molar refractivity (Wildman–Crippen MR) is 131 cm³/mol. The number of ether oxygens (including phenoxy) is 1. The second kappa shape index (κ2) is 10.6. The summed E-state index contributed by atoms with van der Waals surface area (Å²) < 4.78 is 45.4. The third kappa shape index (κ3) is 5.22. The summed E-state index contributed by atoms with van der Waals surface area (Å²) in [6, 6.07) is 18.1. The summed E-state index contributed by atoms with van der Waals surface area (Å²) >= 11 is 0. The number of nitrogens with one attached hydrogen (secondary N) is 1. The number of hydrogen-bond acceptors (Lipinski definition) is 4. The van der Waals surface area contributed by atoms with E-state index in [9.17, 15) is 22.8 Å². The molecule has 0 spiro atoms. The number of fused-ring (bicyclic) bond motifs is 1. The number of amides is 1. The molecule has 8 heteroatoms. The molecular weight excluding hydrogens is 469 g/mol. The molecule has 1 amide bonds. The van der Waals surface area contributed by atoms with Gasteiger partial charge in [-0.05, 0) is 42.2 Å². The molecule has 0 saturated heterocycles. The second-order valence-electron chi connectivity index (χ2n) is 8.35. The number of carbonyl (C=O) groups is 2. The summed E-state index contributed by atoms with van der Waals surface area (Å²) in [5, 5.41) is 2.61. The lowest BCUT2D eigenvalue weighted by Gasteiger charge is -2.12. The van der Waals surface area contributed by atoms with E-state index in [2.05, 4.69) is 24.1 Å². The molecule has 0 aliphatic carbocycles. The topological polar surface area (TPSA) is 68.3 Å². The summed E-state index contributed by atoms with van der Waals surface area (Å²) in [5.74, 6) is -5.91. The summed E-state index contributed by atoms with van der Waals surface area (Å²) in [6.07, 6.45) is 1.01. The number of pyridine rings is 1. The Hall–Kier alpha value is -4.20. The van der Waals surface area contributed by atoms with Crippen LogP contribution in [0.25, 0.3) is 22.2 Å². The minimum atomic E-state index is -1.71. The van der Waals surface area contributed by atoms with Crippen LogP contribution in [0.5, 0.6) is 0 Å². The smallest absolute Gasteiger partial charge is 0.339 e. The number of aromatic nitrogens is 1. The Bertz CT molecular complexity index is 1440. The fraction of sp³-hybridized carbons (Fsp3) is 0.179. The molecule has 1 N–H and O–H groups in total. The average molecular weight is 492 g/mol. The molecule has 3 aromatic carbocycles.